The van der Waals surface area contributed by atoms with Gasteiger partial charge in [-0.15, -0.1) is 11.6 Å². The SMILES string of the molecule is Cc1cccc2c(OC(=O)N(CCOCCO)CCN(C)C(=O)OCc3ccc(NC(=O)[C@H](CCCNC(N)=O)CC(=O)[C@@H](NC(=O)OCCOCCN4C(=O)C=CC4=O)C(C)C)cc3)cc3c(c12)[C@H](CCl)CN3C(=O)c1cn2cc(NC(=O)c3ccc(OC(=O)N4CCN(C)CC4)cc3)ccc2n1. The molecule has 1 saturated heterocycles. The summed E-state index contributed by atoms with van der Waals surface area (Å²) in [6.45, 7) is 7.45. The largest absolute Gasteiger partial charge is 0.447 e. The van der Waals surface area contributed by atoms with Crippen LogP contribution in [0, 0.1) is 18.8 Å². The number of aliphatic hydroxyl groups excluding tert-OH is 1. The first-order valence-electron chi connectivity index (χ1n) is 34.0. The van der Waals surface area contributed by atoms with Crippen molar-refractivity contribution >= 4 is 111 Å². The van der Waals surface area contributed by atoms with E-state index in [1.165, 1.54) is 16.8 Å². The van der Waals surface area contributed by atoms with Crippen molar-refractivity contribution in [3.63, 3.8) is 0 Å². The number of urea groups is 1. The molecule has 31 nitrogen and oxygen atoms in total. The number of anilines is 3. The Morgan fingerprint density at radius 3 is 2.21 bits per heavy atom. The van der Waals surface area contributed by atoms with Crippen LogP contribution in [0.5, 0.6) is 11.5 Å². The van der Waals surface area contributed by atoms with E-state index in [4.69, 9.17) is 45.8 Å². The number of aryl methyl sites for hydroxylation is 1. The molecule has 554 valence electrons. The predicted octanol–water partition coefficient (Wildman–Crippen LogP) is 6.51. The van der Waals surface area contributed by atoms with Gasteiger partial charge in [0.15, 0.2) is 5.78 Å². The van der Waals surface area contributed by atoms with Gasteiger partial charge in [0.25, 0.3) is 23.6 Å². The maximum absolute atomic E-state index is 14.8. The van der Waals surface area contributed by atoms with Crippen LogP contribution >= 0.6 is 11.6 Å². The van der Waals surface area contributed by atoms with Crippen molar-refractivity contribution in [2.75, 3.05) is 141 Å². The number of aromatic nitrogens is 2. The molecule has 3 aliphatic heterocycles. The number of benzene rings is 4. The van der Waals surface area contributed by atoms with Crippen molar-refractivity contribution in [1.29, 1.82) is 0 Å². The van der Waals surface area contributed by atoms with Gasteiger partial charge in [0.2, 0.25) is 5.91 Å². The van der Waals surface area contributed by atoms with Gasteiger partial charge in [0.1, 0.15) is 36.1 Å². The number of pyridine rings is 1. The summed E-state index contributed by atoms with van der Waals surface area (Å²) in [5, 5.41) is 21.5. The standard InChI is InChI=1S/C72H86ClN13O18/c1-45(2)64(79-69(95)101-37-36-100-34-31-85-60(89)21-22-61(85)90)57(88)38-49(9-7-23-75-68(74)94)66(92)76-51-15-11-47(12-16-51)44-102-70(96)81(5)26-29-83(30-33-99-35-32-87)72(98)104-58-39-56-63(62-46(3)8-6-10-54(58)62)50(40-73)41-86(56)67(93)55-43-84-42-52(17-20-59(84)78-55)77-65(91)48-13-18-53(19-14-48)103-71(97)82-27-24-80(4)25-28-82/h6,8,10-22,39,42-43,45,49-50,64,87H,7,9,23-38,40-41,44H2,1-5H3,(H,76,92)(H,77,91)(H,79,95)(H3,74,75,94)/t49-,50-,64+/m1/s1. The van der Waals surface area contributed by atoms with Crippen molar-refractivity contribution in [3.05, 3.63) is 137 Å². The van der Waals surface area contributed by atoms with E-state index in [9.17, 15) is 57.8 Å². The highest BCUT2D eigenvalue weighted by atomic mass is 35.5. The quantitative estimate of drug-likeness (QED) is 0.0145. The van der Waals surface area contributed by atoms with E-state index < -0.39 is 83.6 Å². The molecule has 0 unspecified atom stereocenters. The average Bonchev–Trinajstić information content (AvgIpc) is 1.56. The Labute approximate surface area is 604 Å². The number of piperazine rings is 1. The van der Waals surface area contributed by atoms with E-state index in [2.05, 4.69) is 31.2 Å². The molecule has 1 fully saturated rings. The van der Waals surface area contributed by atoms with Crippen LogP contribution in [0.15, 0.2) is 109 Å². The Hall–Kier alpha value is -10.7. The molecule has 0 radical (unpaired) electrons. The van der Waals surface area contributed by atoms with Gasteiger partial charge in [0.05, 0.1) is 57.0 Å². The fourth-order valence-corrected chi connectivity index (χ4v) is 12.2. The summed E-state index contributed by atoms with van der Waals surface area (Å²) in [5.74, 6) is -3.84. The van der Waals surface area contributed by atoms with Gasteiger partial charge in [-0.1, -0.05) is 44.2 Å². The van der Waals surface area contributed by atoms with Gasteiger partial charge < -0.3 is 89.4 Å². The van der Waals surface area contributed by atoms with Crippen molar-refractivity contribution in [2.24, 2.45) is 17.6 Å². The van der Waals surface area contributed by atoms with Gasteiger partial charge >= 0.3 is 30.4 Å². The van der Waals surface area contributed by atoms with Crippen molar-refractivity contribution in [3.8, 4) is 11.5 Å². The molecule has 7 N–H and O–H groups in total. The van der Waals surface area contributed by atoms with Crippen LogP contribution in [0.4, 0.5) is 41.0 Å². The van der Waals surface area contributed by atoms with Crippen LogP contribution in [-0.4, -0.2) is 236 Å². The Kier molecular flexibility index (Phi) is 27.5. The van der Waals surface area contributed by atoms with E-state index in [0.29, 0.717) is 58.1 Å². The number of rotatable bonds is 33. The van der Waals surface area contributed by atoms with Crippen LogP contribution in [0.1, 0.15) is 76.6 Å². The number of Topliss-reactive ketones (excluding diaryl/α,β-unsaturated/α-hetero) is 1. The number of fused-ring (bicyclic) bond motifs is 4. The molecule has 9 rings (SSSR count). The molecule has 0 bridgehead atoms. The van der Waals surface area contributed by atoms with E-state index >= 15 is 0 Å². The van der Waals surface area contributed by atoms with E-state index in [0.717, 1.165) is 46.7 Å². The third-order valence-electron chi connectivity index (χ3n) is 17.6. The number of imidazole rings is 1. The second-order valence-corrected chi connectivity index (χ2v) is 25.8. The zero-order chi connectivity index (χ0) is 74.6. The number of nitrogens with one attached hydrogen (secondary N) is 4. The molecule has 0 spiro atoms. The number of likely N-dealkylation sites (N-methyl/N-ethyl adjacent to an activating group) is 2. The van der Waals surface area contributed by atoms with E-state index in [-0.39, 0.29) is 128 Å². The molecule has 11 amide bonds. The van der Waals surface area contributed by atoms with Crippen molar-refractivity contribution in [2.45, 2.75) is 58.6 Å². The lowest BCUT2D eigenvalue weighted by Gasteiger charge is -2.31. The second kappa shape index (κ2) is 36.9. The minimum Gasteiger partial charge on any atom is -0.447 e. The summed E-state index contributed by atoms with van der Waals surface area (Å²) in [7, 11) is 3.48. The third-order valence-corrected chi connectivity index (χ3v) is 18.0. The molecule has 32 heteroatoms. The second-order valence-electron chi connectivity index (χ2n) is 25.4. The summed E-state index contributed by atoms with van der Waals surface area (Å²) >= 11 is 6.69. The van der Waals surface area contributed by atoms with Crippen molar-refractivity contribution < 1.29 is 86.3 Å². The van der Waals surface area contributed by atoms with Gasteiger partial charge in [-0.05, 0) is 103 Å². The van der Waals surface area contributed by atoms with Gasteiger partial charge in [-0.3, -0.25) is 33.7 Å². The first kappa shape index (κ1) is 77.4. The maximum Gasteiger partial charge on any atom is 0.415 e. The first-order valence-corrected chi connectivity index (χ1v) is 34.6. The number of carbonyl (C=O) groups is 11. The fraction of sp³-hybridized carbons (Fsp3) is 0.417. The summed E-state index contributed by atoms with van der Waals surface area (Å²) in [5.41, 5.74) is 9.45. The maximum atomic E-state index is 14.8. The predicted molar refractivity (Wildman–Crippen MR) is 382 cm³/mol. The lowest BCUT2D eigenvalue weighted by atomic mass is 9.89. The fourth-order valence-electron chi connectivity index (χ4n) is 11.9. The number of alkyl carbamates (subject to hydrolysis) is 1. The average molecular weight is 1460 g/mol. The molecule has 6 aromatic rings. The zero-order valence-electron chi connectivity index (χ0n) is 58.5. The Balaban J connectivity index is 0.794. The van der Waals surface area contributed by atoms with Gasteiger partial charge in [-0.2, -0.15) is 0 Å². The number of hydrogen-bond donors (Lipinski definition) is 6. The molecule has 3 atom stereocenters. The lowest BCUT2D eigenvalue weighted by molar-refractivity contribution is -0.137. The highest BCUT2D eigenvalue weighted by Gasteiger charge is 2.38. The van der Waals surface area contributed by atoms with Crippen LogP contribution < -0.4 is 41.4 Å². The van der Waals surface area contributed by atoms with Crippen LogP contribution in [-0.2, 0) is 44.7 Å². The molecular weight excluding hydrogens is 1370 g/mol. The molecule has 2 aromatic heterocycles. The zero-order valence-corrected chi connectivity index (χ0v) is 59.2. The molecule has 4 aromatic carbocycles. The Morgan fingerprint density at radius 1 is 0.788 bits per heavy atom. The number of nitrogens with two attached hydrogens (primary N) is 1. The van der Waals surface area contributed by atoms with Gasteiger partial charge in [0, 0.05) is 137 Å². The smallest absolute Gasteiger partial charge is 0.415 e. The number of alkyl halides is 1. The Morgan fingerprint density at radius 2 is 1.51 bits per heavy atom. The summed E-state index contributed by atoms with van der Waals surface area (Å²) in [4.78, 5) is 158. The van der Waals surface area contributed by atoms with Gasteiger partial charge in [-0.25, -0.2) is 29.0 Å². The number of amides is 11. The summed E-state index contributed by atoms with van der Waals surface area (Å²) < 4.78 is 35.2. The number of aliphatic hydroxyl groups is 1. The minimum absolute atomic E-state index is 0.0000675. The number of carbonyl (C=O) groups excluding carboxylic acids is 11. The molecular formula is C72H86ClN13O18. The number of ether oxygens (including phenoxy) is 6. The molecule has 0 aliphatic carbocycles. The monoisotopic (exact) mass is 1460 g/mol. The third kappa shape index (κ3) is 20.8. The molecule has 0 saturated carbocycles. The molecule has 104 heavy (non-hydrogen) atoms. The first-order chi connectivity index (χ1) is 50.0. The number of imide groups is 1. The highest BCUT2D eigenvalue weighted by molar-refractivity contribution is 6.19. The van der Waals surface area contributed by atoms with Crippen LogP contribution in [0.2, 0.25) is 0 Å². The van der Waals surface area contributed by atoms with Crippen molar-refractivity contribution in [1.82, 2.24) is 44.5 Å². The molecule has 3 aliphatic rings. The lowest BCUT2D eigenvalue weighted by Crippen LogP contribution is -2.48. The summed E-state index contributed by atoms with van der Waals surface area (Å²) in [6.07, 6.45) is 2.74. The highest BCUT2D eigenvalue weighted by Crippen LogP contribution is 2.47. The number of halogens is 1. The summed E-state index contributed by atoms with van der Waals surface area (Å²) in [6, 6.07) is 21.3. The van der Waals surface area contributed by atoms with Crippen LogP contribution in [0.3, 0.4) is 0 Å². The molecule has 5 heterocycles. The van der Waals surface area contributed by atoms with E-state index in [1.54, 1.807) is 107 Å². The van der Waals surface area contributed by atoms with E-state index in [1.807, 2.05) is 32.2 Å². The number of hydrogen-bond acceptors (Lipinski definition) is 20. The minimum atomic E-state index is -1.04. The number of ketones is 1. The number of nitrogens with zero attached hydrogens (tertiary/aromatic N) is 8. The Bertz CT molecular complexity index is 4130. The van der Waals surface area contributed by atoms with Crippen LogP contribution in [0.25, 0.3) is 16.4 Å². The topological polar surface area (TPSA) is 374 Å². The normalized spacial score (nSPS) is 14.8. The number of primary amides is 1.